The molecule has 0 spiro atoms. The zero-order valence-corrected chi connectivity index (χ0v) is 6.56. The van der Waals surface area contributed by atoms with Crippen LogP contribution in [-0.4, -0.2) is 18.3 Å². The van der Waals surface area contributed by atoms with E-state index in [1.165, 1.54) is 25.5 Å². The monoisotopic (exact) mass is 166 g/mol. The van der Waals surface area contributed by atoms with Crippen LogP contribution in [0.3, 0.4) is 0 Å². The summed E-state index contributed by atoms with van der Waals surface area (Å²) in [5.74, 6) is 0. The first-order valence-corrected chi connectivity index (χ1v) is 3.34. The average Bonchev–Trinajstić information content (AvgIpc) is 2.05. The van der Waals surface area contributed by atoms with Gasteiger partial charge in [-0.25, -0.2) is 0 Å². The summed E-state index contributed by atoms with van der Waals surface area (Å²) >= 11 is 0. The van der Waals surface area contributed by atoms with Gasteiger partial charge in [0.15, 0.2) is 0 Å². The van der Waals surface area contributed by atoms with Crippen molar-refractivity contribution >= 4 is 12.0 Å². The number of nitro benzene ring substituents is 1. The molecule has 0 unspecified atom stereocenters. The molecule has 4 heteroatoms. The van der Waals surface area contributed by atoms with Gasteiger partial charge >= 0.3 is 6.29 Å². The van der Waals surface area contributed by atoms with Crippen LogP contribution < -0.4 is 0 Å². The zero-order valence-electron chi connectivity index (χ0n) is 6.56. The molecule has 0 radical (unpaired) electrons. The van der Waals surface area contributed by atoms with Gasteiger partial charge in [-0.3, -0.25) is 14.5 Å². The number of carbonyl (C=O) groups excluding carboxylic acids is 1. The van der Waals surface area contributed by atoms with E-state index in [4.69, 9.17) is 4.42 Å². The highest BCUT2D eigenvalue weighted by molar-refractivity contribution is 5.76. The Morgan fingerprint density at radius 1 is 1.58 bits per heavy atom. The van der Waals surface area contributed by atoms with Crippen molar-refractivity contribution in [2.24, 2.45) is 0 Å². The summed E-state index contributed by atoms with van der Waals surface area (Å²) in [7, 11) is 1.50. The Labute approximate surface area is 69.3 Å². The molecule has 0 saturated carbocycles. The van der Waals surface area contributed by atoms with Gasteiger partial charge in [-0.15, -0.1) is 0 Å². The molecule has 0 fully saturated rings. The van der Waals surface area contributed by atoms with Crippen LogP contribution in [-0.2, 0) is 0 Å². The van der Waals surface area contributed by atoms with E-state index in [1.54, 1.807) is 12.1 Å². The Morgan fingerprint density at radius 2 is 2.33 bits per heavy atom. The van der Waals surface area contributed by atoms with Crippen molar-refractivity contribution in [3.05, 3.63) is 39.9 Å². The predicted molar refractivity (Wildman–Crippen MR) is 44.4 cm³/mol. The van der Waals surface area contributed by atoms with E-state index in [2.05, 4.69) is 0 Å². The normalized spacial score (nSPS) is 10.4. The highest BCUT2D eigenvalue weighted by Crippen LogP contribution is 2.11. The van der Waals surface area contributed by atoms with E-state index >= 15 is 0 Å². The van der Waals surface area contributed by atoms with E-state index in [-0.39, 0.29) is 5.69 Å². The topological polar surface area (TPSA) is 54.4 Å². The molecule has 1 aromatic rings. The Bertz CT molecular complexity index is 320. The summed E-state index contributed by atoms with van der Waals surface area (Å²) in [5.41, 5.74) is 0.757. The first-order chi connectivity index (χ1) is 5.74. The van der Waals surface area contributed by atoms with Gasteiger partial charge in [-0.2, -0.15) is 0 Å². The van der Waals surface area contributed by atoms with Crippen molar-refractivity contribution in [3.8, 4) is 0 Å². The molecule has 4 nitrogen and oxygen atoms in total. The number of aldehydes is 1. The second-order valence-electron chi connectivity index (χ2n) is 2.21. The van der Waals surface area contributed by atoms with Gasteiger partial charge in [0.05, 0.1) is 10.5 Å². The van der Waals surface area contributed by atoms with E-state index in [9.17, 15) is 10.1 Å². The minimum atomic E-state index is -0.438. The predicted octanol–water partition coefficient (Wildman–Crippen LogP) is 1.57. The summed E-state index contributed by atoms with van der Waals surface area (Å²) in [4.78, 5) is 9.87. The highest BCUT2D eigenvalue weighted by Gasteiger charge is 2.05. The summed E-state index contributed by atoms with van der Waals surface area (Å²) in [5, 5.41) is 10.3. The van der Waals surface area contributed by atoms with Gasteiger partial charge in [0.1, 0.15) is 0 Å². The second-order valence-corrected chi connectivity index (χ2v) is 2.21. The fraction of sp³-hybridized carbons (Fsp3) is 0.125. The van der Waals surface area contributed by atoms with Crippen LogP contribution in [0.1, 0.15) is 9.99 Å². The number of nitro groups is 1. The number of benzene rings is 1. The van der Waals surface area contributed by atoms with Crippen LogP contribution in [0.15, 0.2) is 24.3 Å². The molecule has 0 amide bonds. The number of rotatable bonds is 2. The SMILES string of the molecule is C[O+]=Cc1cccc([N+](=O)[O-])c1. The van der Waals surface area contributed by atoms with Gasteiger partial charge < -0.3 is 0 Å². The number of non-ortho nitro benzene ring substituents is 1. The highest BCUT2D eigenvalue weighted by atomic mass is 16.6. The average molecular weight is 166 g/mol. The van der Waals surface area contributed by atoms with Crippen molar-refractivity contribution < 1.29 is 9.35 Å². The van der Waals surface area contributed by atoms with Crippen molar-refractivity contribution in [3.63, 3.8) is 0 Å². The van der Waals surface area contributed by atoms with E-state index in [1.807, 2.05) is 0 Å². The van der Waals surface area contributed by atoms with Crippen LogP contribution in [0.4, 0.5) is 5.69 Å². The fourth-order valence-corrected chi connectivity index (χ4v) is 0.848. The lowest BCUT2D eigenvalue weighted by Gasteiger charge is -1.88. The summed E-state index contributed by atoms with van der Waals surface area (Å²) in [6, 6.07) is 6.23. The molecule has 1 aromatic carbocycles. The first-order valence-electron chi connectivity index (χ1n) is 3.34. The summed E-state index contributed by atoms with van der Waals surface area (Å²) < 4.78 is 4.72. The standard InChI is InChI=1S/C8H8NO3/c1-12-6-7-3-2-4-8(5-7)9(10)11/h2-6H,1H3/q+1. The van der Waals surface area contributed by atoms with E-state index < -0.39 is 4.92 Å². The third-order valence-electron chi connectivity index (χ3n) is 1.33. The van der Waals surface area contributed by atoms with Crippen LogP contribution in [0.2, 0.25) is 0 Å². The maximum atomic E-state index is 10.3. The molecular weight excluding hydrogens is 158 g/mol. The minimum absolute atomic E-state index is 0.0702. The van der Waals surface area contributed by atoms with Gasteiger partial charge in [-0.05, 0) is 6.07 Å². The molecule has 0 bridgehead atoms. The number of hydrogen-bond donors (Lipinski definition) is 0. The Morgan fingerprint density at radius 3 is 2.92 bits per heavy atom. The van der Waals surface area contributed by atoms with Gasteiger partial charge in [0.2, 0.25) is 0 Å². The molecule has 0 aliphatic carbocycles. The van der Waals surface area contributed by atoms with Crippen LogP contribution in [0.25, 0.3) is 0 Å². The molecule has 12 heavy (non-hydrogen) atoms. The molecule has 0 aromatic heterocycles. The maximum absolute atomic E-state index is 10.3. The van der Waals surface area contributed by atoms with Crippen LogP contribution >= 0.6 is 0 Å². The molecule has 62 valence electrons. The van der Waals surface area contributed by atoms with Crippen LogP contribution in [0, 0.1) is 10.1 Å². The van der Waals surface area contributed by atoms with E-state index in [0.29, 0.717) is 5.56 Å². The van der Waals surface area contributed by atoms with Crippen molar-refractivity contribution in [2.75, 3.05) is 7.11 Å². The molecule has 0 heterocycles. The van der Waals surface area contributed by atoms with Crippen LogP contribution in [0.5, 0.6) is 0 Å². The van der Waals surface area contributed by atoms with Gasteiger partial charge in [0, 0.05) is 12.1 Å². The second kappa shape index (κ2) is 3.61. The third-order valence-corrected chi connectivity index (χ3v) is 1.33. The lowest BCUT2D eigenvalue weighted by molar-refractivity contribution is -0.384. The lowest BCUT2D eigenvalue weighted by Crippen LogP contribution is -1.89. The minimum Gasteiger partial charge on any atom is -0.265 e. The Hall–Kier alpha value is -1.71. The largest absolute Gasteiger partial charge is 0.315 e. The van der Waals surface area contributed by atoms with Crippen molar-refractivity contribution in [2.45, 2.75) is 0 Å². The van der Waals surface area contributed by atoms with Gasteiger partial charge in [-0.1, -0.05) is 6.07 Å². The molecule has 0 aliphatic heterocycles. The molecule has 0 saturated heterocycles. The quantitative estimate of drug-likeness (QED) is 0.290. The third kappa shape index (κ3) is 1.88. The van der Waals surface area contributed by atoms with Crippen molar-refractivity contribution in [1.82, 2.24) is 0 Å². The first kappa shape index (κ1) is 8.39. The lowest BCUT2D eigenvalue weighted by atomic mass is 10.2. The Kier molecular flexibility index (Phi) is 2.53. The number of nitrogens with zero attached hydrogens (tertiary/aromatic N) is 1. The summed E-state index contributed by atoms with van der Waals surface area (Å²) in [6.07, 6.45) is 1.45. The molecule has 0 N–H and O–H groups in total. The maximum Gasteiger partial charge on any atom is 0.315 e. The molecular formula is C8H8NO3+. The smallest absolute Gasteiger partial charge is 0.265 e. The Balaban J connectivity index is 3.03. The van der Waals surface area contributed by atoms with E-state index in [0.717, 1.165) is 0 Å². The molecule has 0 atom stereocenters. The molecule has 1 rings (SSSR count). The van der Waals surface area contributed by atoms with Crippen molar-refractivity contribution in [1.29, 1.82) is 0 Å². The molecule has 0 aliphatic rings. The zero-order chi connectivity index (χ0) is 8.97. The fourth-order valence-electron chi connectivity index (χ4n) is 0.848. The van der Waals surface area contributed by atoms with Gasteiger partial charge in [0.25, 0.3) is 12.8 Å². The number of hydrogen-bond acceptors (Lipinski definition) is 2. The summed E-state index contributed by atoms with van der Waals surface area (Å²) in [6.45, 7) is 0.